The second-order valence-electron chi connectivity index (χ2n) is 4.93. The van der Waals surface area contributed by atoms with E-state index in [0.717, 1.165) is 5.56 Å². The molecule has 7 heteroatoms. The summed E-state index contributed by atoms with van der Waals surface area (Å²) in [6.45, 7) is 1.75. The van der Waals surface area contributed by atoms with Crippen molar-refractivity contribution in [3.05, 3.63) is 64.2 Å². The summed E-state index contributed by atoms with van der Waals surface area (Å²) in [7, 11) is -2.42. The van der Waals surface area contributed by atoms with Crippen molar-refractivity contribution in [2.24, 2.45) is 0 Å². The number of aryl methyl sites for hydroxylation is 1. The molecular weight excluding hydrogens is 338 g/mol. The third-order valence-electron chi connectivity index (χ3n) is 3.24. The van der Waals surface area contributed by atoms with Gasteiger partial charge in [-0.15, -0.1) is 0 Å². The second kappa shape index (κ2) is 7.12. The van der Waals surface area contributed by atoms with Gasteiger partial charge in [-0.25, -0.2) is 17.9 Å². The van der Waals surface area contributed by atoms with Gasteiger partial charge >= 0.3 is 5.97 Å². The monoisotopic (exact) mass is 353 g/mol. The predicted molar refractivity (Wildman–Crippen MR) is 88.0 cm³/mol. The molecular formula is C16H16ClNO4S. The first-order valence-corrected chi connectivity index (χ1v) is 8.62. The molecule has 0 atom stereocenters. The first-order valence-electron chi connectivity index (χ1n) is 6.76. The highest BCUT2D eigenvalue weighted by atomic mass is 35.5. The number of carbonyl (C=O) groups excluding carboxylic acids is 1. The van der Waals surface area contributed by atoms with Gasteiger partial charge in [0.2, 0.25) is 10.0 Å². The van der Waals surface area contributed by atoms with Crippen molar-refractivity contribution in [2.45, 2.75) is 18.4 Å². The van der Waals surface area contributed by atoms with E-state index >= 15 is 0 Å². The molecule has 0 aliphatic rings. The average Bonchev–Trinajstić information content (AvgIpc) is 2.52. The third kappa shape index (κ3) is 4.31. The van der Waals surface area contributed by atoms with Gasteiger partial charge in [0, 0.05) is 11.6 Å². The molecule has 0 radical (unpaired) electrons. The molecule has 2 aromatic carbocycles. The average molecular weight is 354 g/mol. The van der Waals surface area contributed by atoms with Gasteiger partial charge in [-0.1, -0.05) is 23.7 Å². The molecule has 5 nitrogen and oxygen atoms in total. The van der Waals surface area contributed by atoms with E-state index in [1.165, 1.54) is 25.3 Å². The van der Waals surface area contributed by atoms with Crippen molar-refractivity contribution in [3.8, 4) is 0 Å². The SMILES string of the molecule is COC(=O)c1ccc(S(=O)(=O)NCc2cccc(Cl)c2)c(C)c1. The number of sulfonamides is 1. The first kappa shape index (κ1) is 17.5. The van der Waals surface area contributed by atoms with E-state index in [4.69, 9.17) is 11.6 Å². The zero-order valence-corrected chi connectivity index (χ0v) is 14.2. The number of nitrogens with one attached hydrogen (secondary N) is 1. The minimum Gasteiger partial charge on any atom is -0.465 e. The number of carbonyl (C=O) groups is 1. The summed E-state index contributed by atoms with van der Waals surface area (Å²) in [5.74, 6) is -0.510. The molecule has 0 unspecified atom stereocenters. The van der Waals surface area contributed by atoms with Crippen LogP contribution in [0, 0.1) is 6.92 Å². The molecule has 23 heavy (non-hydrogen) atoms. The maximum atomic E-state index is 12.4. The Hall–Kier alpha value is -1.89. The standard InChI is InChI=1S/C16H16ClNO4S/c1-11-8-13(16(19)22-2)6-7-15(11)23(20,21)18-10-12-4-3-5-14(17)9-12/h3-9,18H,10H2,1-2H3. The Kier molecular flexibility index (Phi) is 5.41. The zero-order valence-electron chi connectivity index (χ0n) is 12.7. The van der Waals surface area contributed by atoms with Crippen molar-refractivity contribution in [1.82, 2.24) is 4.72 Å². The number of hydrogen-bond donors (Lipinski definition) is 1. The molecule has 2 aromatic rings. The van der Waals surface area contributed by atoms with Gasteiger partial charge in [-0.2, -0.15) is 0 Å². The lowest BCUT2D eigenvalue weighted by Gasteiger charge is -2.10. The molecule has 2 rings (SSSR count). The Morgan fingerprint density at radius 2 is 1.96 bits per heavy atom. The summed E-state index contributed by atoms with van der Waals surface area (Å²) in [5, 5.41) is 0.542. The van der Waals surface area contributed by atoms with Gasteiger partial charge in [-0.05, 0) is 48.4 Å². The number of hydrogen-bond acceptors (Lipinski definition) is 4. The van der Waals surface area contributed by atoms with Gasteiger partial charge in [0.1, 0.15) is 0 Å². The van der Waals surface area contributed by atoms with Crippen LogP contribution >= 0.6 is 11.6 Å². The van der Waals surface area contributed by atoms with E-state index in [0.29, 0.717) is 16.1 Å². The fraction of sp³-hybridized carbons (Fsp3) is 0.188. The Bertz CT molecular complexity index is 834. The lowest BCUT2D eigenvalue weighted by molar-refractivity contribution is 0.0600. The number of esters is 1. The summed E-state index contributed by atoms with van der Waals surface area (Å²) < 4.78 is 31.9. The Morgan fingerprint density at radius 1 is 1.22 bits per heavy atom. The topological polar surface area (TPSA) is 72.5 Å². The van der Waals surface area contributed by atoms with E-state index in [9.17, 15) is 13.2 Å². The summed E-state index contributed by atoms with van der Waals surface area (Å²) >= 11 is 5.88. The largest absolute Gasteiger partial charge is 0.465 e. The van der Waals surface area contributed by atoms with Crippen molar-refractivity contribution in [1.29, 1.82) is 0 Å². The Balaban J connectivity index is 2.21. The predicted octanol–water partition coefficient (Wildman–Crippen LogP) is 2.91. The number of rotatable bonds is 5. The van der Waals surface area contributed by atoms with Crippen LogP contribution in [0.1, 0.15) is 21.5 Å². The van der Waals surface area contributed by atoms with Crippen molar-refractivity contribution >= 4 is 27.6 Å². The number of methoxy groups -OCH3 is 1. The van der Waals surface area contributed by atoms with E-state index in [1.54, 1.807) is 31.2 Å². The summed E-state index contributed by atoms with van der Waals surface area (Å²) in [5.41, 5.74) is 1.52. The van der Waals surface area contributed by atoms with Crippen molar-refractivity contribution in [2.75, 3.05) is 7.11 Å². The molecule has 0 amide bonds. The van der Waals surface area contributed by atoms with Crippen LogP contribution in [0.15, 0.2) is 47.4 Å². The van der Waals surface area contributed by atoms with Crippen LogP contribution in [0.2, 0.25) is 5.02 Å². The second-order valence-corrected chi connectivity index (χ2v) is 7.10. The van der Waals surface area contributed by atoms with E-state index in [2.05, 4.69) is 9.46 Å². The first-order chi connectivity index (χ1) is 10.8. The molecule has 0 spiro atoms. The molecule has 0 aliphatic heterocycles. The quantitative estimate of drug-likeness (QED) is 0.839. The van der Waals surface area contributed by atoms with Crippen molar-refractivity contribution < 1.29 is 17.9 Å². The van der Waals surface area contributed by atoms with Crippen LogP contribution in [-0.2, 0) is 21.3 Å². The highest BCUT2D eigenvalue weighted by Crippen LogP contribution is 2.18. The van der Waals surface area contributed by atoms with Crippen LogP contribution in [0.25, 0.3) is 0 Å². The molecule has 0 aromatic heterocycles. The number of halogens is 1. The molecule has 0 fully saturated rings. The van der Waals surface area contributed by atoms with Crippen LogP contribution in [0.3, 0.4) is 0 Å². The van der Waals surface area contributed by atoms with E-state index < -0.39 is 16.0 Å². The van der Waals surface area contributed by atoms with Gasteiger partial charge in [0.05, 0.1) is 17.6 Å². The van der Waals surface area contributed by atoms with Gasteiger partial charge in [-0.3, -0.25) is 0 Å². The fourth-order valence-corrected chi connectivity index (χ4v) is 3.55. The molecule has 122 valence electrons. The lowest BCUT2D eigenvalue weighted by Crippen LogP contribution is -2.24. The van der Waals surface area contributed by atoms with E-state index in [-0.39, 0.29) is 11.4 Å². The van der Waals surface area contributed by atoms with Crippen LogP contribution in [0.4, 0.5) is 0 Å². The normalized spacial score (nSPS) is 11.3. The van der Waals surface area contributed by atoms with Crippen LogP contribution in [-0.4, -0.2) is 21.5 Å². The smallest absolute Gasteiger partial charge is 0.337 e. The Morgan fingerprint density at radius 3 is 2.57 bits per heavy atom. The summed E-state index contributed by atoms with van der Waals surface area (Å²) in [6.07, 6.45) is 0. The molecule has 0 aliphatic carbocycles. The molecule has 0 heterocycles. The minimum atomic E-state index is -3.70. The molecule has 0 saturated heterocycles. The molecule has 0 bridgehead atoms. The zero-order chi connectivity index (χ0) is 17.0. The maximum absolute atomic E-state index is 12.4. The summed E-state index contributed by atoms with van der Waals surface area (Å²) in [6, 6.07) is 11.2. The van der Waals surface area contributed by atoms with Gasteiger partial charge in [0.15, 0.2) is 0 Å². The lowest BCUT2D eigenvalue weighted by atomic mass is 10.1. The highest BCUT2D eigenvalue weighted by Gasteiger charge is 2.18. The van der Waals surface area contributed by atoms with Gasteiger partial charge in [0.25, 0.3) is 0 Å². The van der Waals surface area contributed by atoms with Crippen molar-refractivity contribution in [3.63, 3.8) is 0 Å². The highest BCUT2D eigenvalue weighted by molar-refractivity contribution is 7.89. The molecule has 1 N–H and O–H groups in total. The van der Waals surface area contributed by atoms with E-state index in [1.807, 2.05) is 0 Å². The number of benzene rings is 2. The van der Waals surface area contributed by atoms with Gasteiger partial charge < -0.3 is 4.74 Å². The minimum absolute atomic E-state index is 0.118. The summed E-state index contributed by atoms with van der Waals surface area (Å²) in [4.78, 5) is 11.6. The maximum Gasteiger partial charge on any atom is 0.337 e. The van der Waals surface area contributed by atoms with Crippen LogP contribution < -0.4 is 4.72 Å². The third-order valence-corrected chi connectivity index (χ3v) is 5.04. The Labute approximate surface area is 140 Å². The molecule has 0 saturated carbocycles. The van der Waals surface area contributed by atoms with Crippen LogP contribution in [0.5, 0.6) is 0 Å². The fourth-order valence-electron chi connectivity index (χ4n) is 2.10. The number of ether oxygens (including phenoxy) is 1.